The largest absolute Gasteiger partial charge is 0.459 e. The predicted octanol–water partition coefficient (Wildman–Crippen LogP) is 4.72. The zero-order valence-electron chi connectivity index (χ0n) is 15.8. The Kier molecular flexibility index (Phi) is 5.39. The molecule has 1 N–H and O–H groups in total. The number of Topliss-reactive ketones (excluding diaryl/α,β-unsaturated/α-hetero) is 1. The van der Waals surface area contributed by atoms with Crippen LogP contribution in [0.2, 0.25) is 0 Å². The van der Waals surface area contributed by atoms with Crippen molar-refractivity contribution in [1.82, 2.24) is 0 Å². The van der Waals surface area contributed by atoms with Crippen molar-refractivity contribution < 1.29 is 23.5 Å². The van der Waals surface area contributed by atoms with E-state index in [0.29, 0.717) is 5.56 Å². The molecule has 0 saturated heterocycles. The van der Waals surface area contributed by atoms with Gasteiger partial charge in [0.2, 0.25) is 5.78 Å². The summed E-state index contributed by atoms with van der Waals surface area (Å²) in [5.74, 6) is -1.40. The Bertz CT molecular complexity index is 1220. The number of furan rings is 1. The van der Waals surface area contributed by atoms with Gasteiger partial charge in [0.25, 0.3) is 5.91 Å². The SMILES string of the molecule is O=C(Nc1ccccc1C(=O)OCC(=O)c1cccc2ccccc12)c1ccco1. The van der Waals surface area contributed by atoms with E-state index in [2.05, 4.69) is 5.32 Å². The quantitative estimate of drug-likeness (QED) is 0.374. The number of rotatable bonds is 6. The number of fused-ring (bicyclic) bond motifs is 1. The minimum Gasteiger partial charge on any atom is -0.459 e. The fourth-order valence-electron chi connectivity index (χ4n) is 3.12. The van der Waals surface area contributed by atoms with Gasteiger partial charge in [-0.2, -0.15) is 0 Å². The Hall–Kier alpha value is -4.19. The highest BCUT2D eigenvalue weighted by molar-refractivity contribution is 6.10. The van der Waals surface area contributed by atoms with E-state index in [4.69, 9.17) is 9.15 Å². The van der Waals surface area contributed by atoms with Crippen LogP contribution in [0.25, 0.3) is 10.8 Å². The second-order valence-electron chi connectivity index (χ2n) is 6.50. The first-order valence-electron chi connectivity index (χ1n) is 9.25. The first kappa shape index (κ1) is 19.1. The third-order valence-corrected chi connectivity index (χ3v) is 4.56. The highest BCUT2D eigenvalue weighted by Crippen LogP contribution is 2.20. The number of ether oxygens (including phenoxy) is 1. The molecule has 4 rings (SSSR count). The molecule has 0 aliphatic heterocycles. The van der Waals surface area contributed by atoms with Crippen molar-refractivity contribution in [2.45, 2.75) is 0 Å². The average Bonchev–Trinajstić information content (AvgIpc) is 3.32. The minimum absolute atomic E-state index is 0.115. The van der Waals surface area contributed by atoms with E-state index < -0.39 is 18.5 Å². The molecule has 0 aliphatic rings. The lowest BCUT2D eigenvalue weighted by atomic mass is 10.0. The number of hydrogen-bond donors (Lipinski definition) is 1. The molecule has 148 valence electrons. The van der Waals surface area contributed by atoms with Crippen molar-refractivity contribution in [3.63, 3.8) is 0 Å². The molecule has 1 amide bonds. The smallest absolute Gasteiger partial charge is 0.340 e. The zero-order chi connectivity index (χ0) is 20.9. The lowest BCUT2D eigenvalue weighted by molar-refractivity contribution is 0.0476. The molecule has 4 aromatic rings. The maximum Gasteiger partial charge on any atom is 0.340 e. The Morgan fingerprint density at radius 3 is 2.37 bits per heavy atom. The highest BCUT2D eigenvalue weighted by atomic mass is 16.5. The van der Waals surface area contributed by atoms with Crippen molar-refractivity contribution in [3.8, 4) is 0 Å². The topological polar surface area (TPSA) is 85.6 Å². The van der Waals surface area contributed by atoms with E-state index >= 15 is 0 Å². The van der Waals surface area contributed by atoms with Crippen molar-refractivity contribution in [3.05, 3.63) is 102 Å². The van der Waals surface area contributed by atoms with Gasteiger partial charge >= 0.3 is 5.97 Å². The molecular formula is C24H17NO5. The minimum atomic E-state index is -0.709. The van der Waals surface area contributed by atoms with Crippen LogP contribution in [0, 0.1) is 0 Å². The third kappa shape index (κ3) is 3.98. The predicted molar refractivity (Wildman–Crippen MR) is 112 cm³/mol. The van der Waals surface area contributed by atoms with Crippen LogP contribution in [-0.2, 0) is 4.74 Å². The van der Waals surface area contributed by atoms with Gasteiger partial charge in [0.15, 0.2) is 12.4 Å². The lowest BCUT2D eigenvalue weighted by Gasteiger charge is -2.10. The Morgan fingerprint density at radius 1 is 0.800 bits per heavy atom. The molecule has 0 spiro atoms. The van der Waals surface area contributed by atoms with E-state index in [1.807, 2.05) is 30.3 Å². The van der Waals surface area contributed by atoms with E-state index in [1.54, 1.807) is 36.4 Å². The van der Waals surface area contributed by atoms with Gasteiger partial charge in [0, 0.05) is 5.56 Å². The van der Waals surface area contributed by atoms with Crippen LogP contribution in [0.4, 0.5) is 5.69 Å². The number of benzene rings is 3. The molecular weight excluding hydrogens is 382 g/mol. The number of amides is 1. The number of nitrogens with one attached hydrogen (secondary N) is 1. The van der Waals surface area contributed by atoms with Gasteiger partial charge in [-0.15, -0.1) is 0 Å². The fraction of sp³-hybridized carbons (Fsp3) is 0.0417. The van der Waals surface area contributed by atoms with Crippen molar-refractivity contribution in [2.24, 2.45) is 0 Å². The van der Waals surface area contributed by atoms with Crippen LogP contribution in [0.3, 0.4) is 0 Å². The van der Waals surface area contributed by atoms with Crippen LogP contribution >= 0.6 is 0 Å². The van der Waals surface area contributed by atoms with Crippen molar-refractivity contribution >= 4 is 34.1 Å². The summed E-state index contributed by atoms with van der Waals surface area (Å²) in [5.41, 5.74) is 0.893. The summed E-state index contributed by atoms with van der Waals surface area (Å²) in [6.45, 7) is -0.409. The van der Waals surface area contributed by atoms with E-state index in [0.717, 1.165) is 10.8 Å². The van der Waals surface area contributed by atoms with Crippen LogP contribution in [-0.4, -0.2) is 24.3 Å². The summed E-state index contributed by atoms with van der Waals surface area (Å²) >= 11 is 0. The molecule has 1 heterocycles. The average molecular weight is 399 g/mol. The molecule has 6 heteroatoms. The van der Waals surface area contributed by atoms with Gasteiger partial charge in [-0.25, -0.2) is 4.79 Å². The first-order chi connectivity index (χ1) is 14.6. The first-order valence-corrected chi connectivity index (χ1v) is 9.25. The van der Waals surface area contributed by atoms with Crippen LogP contribution in [0.15, 0.2) is 89.5 Å². The summed E-state index contributed by atoms with van der Waals surface area (Å²) < 4.78 is 10.3. The molecule has 6 nitrogen and oxygen atoms in total. The van der Waals surface area contributed by atoms with E-state index in [-0.39, 0.29) is 22.8 Å². The van der Waals surface area contributed by atoms with Gasteiger partial charge < -0.3 is 14.5 Å². The maximum atomic E-state index is 12.7. The van der Waals surface area contributed by atoms with Crippen molar-refractivity contribution in [2.75, 3.05) is 11.9 Å². The Labute approximate surface area is 172 Å². The zero-order valence-corrected chi connectivity index (χ0v) is 15.8. The number of anilines is 1. The van der Waals surface area contributed by atoms with Crippen molar-refractivity contribution in [1.29, 1.82) is 0 Å². The van der Waals surface area contributed by atoms with Gasteiger partial charge in [0.05, 0.1) is 17.5 Å². The van der Waals surface area contributed by atoms with Crippen LogP contribution in [0.5, 0.6) is 0 Å². The van der Waals surface area contributed by atoms with E-state index in [1.165, 1.54) is 18.4 Å². The molecule has 1 aromatic heterocycles. The van der Waals surface area contributed by atoms with Gasteiger partial charge in [-0.05, 0) is 35.0 Å². The van der Waals surface area contributed by atoms with Crippen LogP contribution in [0.1, 0.15) is 31.3 Å². The molecule has 0 radical (unpaired) electrons. The molecule has 0 saturated carbocycles. The van der Waals surface area contributed by atoms with Gasteiger partial charge in [-0.3, -0.25) is 9.59 Å². The maximum absolute atomic E-state index is 12.7. The second-order valence-corrected chi connectivity index (χ2v) is 6.50. The molecule has 0 aliphatic carbocycles. The standard InChI is InChI=1S/C24H17NO5/c26-21(18-11-5-8-16-7-1-2-9-17(16)18)15-30-24(28)19-10-3-4-12-20(19)25-23(27)22-13-6-14-29-22/h1-14H,15H2,(H,25,27). The summed E-state index contributed by atoms with van der Waals surface area (Å²) in [7, 11) is 0. The summed E-state index contributed by atoms with van der Waals surface area (Å²) in [4.78, 5) is 37.5. The monoisotopic (exact) mass is 399 g/mol. The number of carbonyl (C=O) groups is 3. The Morgan fingerprint density at radius 2 is 1.53 bits per heavy atom. The highest BCUT2D eigenvalue weighted by Gasteiger charge is 2.18. The second kappa shape index (κ2) is 8.45. The number of hydrogen-bond acceptors (Lipinski definition) is 5. The Balaban J connectivity index is 1.48. The van der Waals surface area contributed by atoms with Gasteiger partial charge in [-0.1, -0.05) is 54.6 Å². The van der Waals surface area contributed by atoms with E-state index in [9.17, 15) is 14.4 Å². The molecule has 0 bridgehead atoms. The molecule has 30 heavy (non-hydrogen) atoms. The fourth-order valence-corrected chi connectivity index (χ4v) is 3.12. The molecule has 0 fully saturated rings. The number of carbonyl (C=O) groups excluding carboxylic acids is 3. The molecule has 0 atom stereocenters. The summed E-state index contributed by atoms with van der Waals surface area (Å²) in [5, 5.41) is 4.35. The number of ketones is 1. The number of esters is 1. The third-order valence-electron chi connectivity index (χ3n) is 4.56. The summed E-state index contributed by atoms with van der Waals surface area (Å²) in [6.07, 6.45) is 1.38. The normalized spacial score (nSPS) is 10.5. The molecule has 3 aromatic carbocycles. The summed E-state index contributed by atoms with van der Waals surface area (Å²) in [6, 6.07) is 22.4. The molecule has 0 unspecified atom stereocenters. The number of para-hydroxylation sites is 1. The lowest BCUT2D eigenvalue weighted by Crippen LogP contribution is -2.18. The van der Waals surface area contributed by atoms with Crippen LogP contribution < -0.4 is 5.32 Å². The van der Waals surface area contributed by atoms with Gasteiger partial charge in [0.1, 0.15) is 0 Å².